The van der Waals surface area contributed by atoms with Crippen molar-refractivity contribution in [2.24, 2.45) is 5.73 Å². The second-order valence-corrected chi connectivity index (χ2v) is 4.68. The Bertz CT molecular complexity index is 175. The molecule has 3 nitrogen and oxygen atoms in total. The van der Waals surface area contributed by atoms with Gasteiger partial charge in [0.05, 0.1) is 12.7 Å². The van der Waals surface area contributed by atoms with Gasteiger partial charge >= 0.3 is 0 Å². The summed E-state index contributed by atoms with van der Waals surface area (Å²) in [5, 5.41) is 0. The fourth-order valence-electron chi connectivity index (χ4n) is 2.34. The fraction of sp³-hybridized carbons (Fsp3) is 1.00. The molecule has 1 fully saturated rings. The Labute approximate surface area is 94.0 Å². The molecule has 0 aromatic heterocycles. The first-order valence-electron chi connectivity index (χ1n) is 6.26. The Balaban J connectivity index is 2.46. The number of hydrogen-bond donors (Lipinski definition) is 1. The van der Waals surface area contributed by atoms with Crippen LogP contribution in [-0.4, -0.2) is 42.8 Å². The third kappa shape index (κ3) is 3.74. The van der Waals surface area contributed by atoms with E-state index >= 15 is 0 Å². The molecule has 1 saturated heterocycles. The maximum atomic E-state index is 5.70. The van der Waals surface area contributed by atoms with Crippen molar-refractivity contribution in [1.29, 1.82) is 0 Å². The lowest BCUT2D eigenvalue weighted by Crippen LogP contribution is -2.52. The summed E-state index contributed by atoms with van der Waals surface area (Å²) in [4.78, 5) is 2.60. The molecule has 0 bridgehead atoms. The van der Waals surface area contributed by atoms with Gasteiger partial charge < -0.3 is 10.5 Å². The first-order valence-corrected chi connectivity index (χ1v) is 6.26. The molecule has 0 aliphatic carbocycles. The molecule has 2 N–H and O–H groups in total. The van der Waals surface area contributed by atoms with Gasteiger partial charge in [0.15, 0.2) is 0 Å². The van der Waals surface area contributed by atoms with Crippen LogP contribution in [0.1, 0.15) is 40.0 Å². The van der Waals surface area contributed by atoms with Gasteiger partial charge in [0.1, 0.15) is 0 Å². The predicted octanol–water partition coefficient (Wildman–Crippen LogP) is 1.61. The molecule has 0 amide bonds. The second-order valence-electron chi connectivity index (χ2n) is 4.68. The highest BCUT2D eigenvalue weighted by Crippen LogP contribution is 2.19. The maximum Gasteiger partial charge on any atom is 0.0674 e. The Morgan fingerprint density at radius 2 is 2.27 bits per heavy atom. The van der Waals surface area contributed by atoms with Crippen LogP contribution in [0.2, 0.25) is 0 Å². The molecule has 1 heterocycles. The zero-order chi connectivity index (χ0) is 11.3. The smallest absolute Gasteiger partial charge is 0.0674 e. The van der Waals surface area contributed by atoms with E-state index in [2.05, 4.69) is 25.7 Å². The van der Waals surface area contributed by atoms with E-state index in [1.807, 2.05) is 0 Å². The lowest BCUT2D eigenvalue weighted by atomic mass is 10.0. The summed E-state index contributed by atoms with van der Waals surface area (Å²) in [6, 6.07) is 1.25. The van der Waals surface area contributed by atoms with Crippen molar-refractivity contribution in [2.75, 3.05) is 19.7 Å². The van der Waals surface area contributed by atoms with Gasteiger partial charge in [-0.25, -0.2) is 0 Å². The third-order valence-electron chi connectivity index (χ3n) is 3.37. The first kappa shape index (κ1) is 12.9. The molecule has 1 rings (SSSR count). The van der Waals surface area contributed by atoms with Gasteiger partial charge in [-0.15, -0.1) is 0 Å². The molecular weight excluding hydrogens is 188 g/mol. The first-order chi connectivity index (χ1) is 7.19. The number of ether oxygens (including phenoxy) is 1. The molecule has 0 aromatic rings. The molecule has 3 unspecified atom stereocenters. The maximum absolute atomic E-state index is 5.70. The van der Waals surface area contributed by atoms with Crippen LogP contribution in [0.15, 0.2) is 0 Å². The van der Waals surface area contributed by atoms with Crippen LogP contribution in [0.5, 0.6) is 0 Å². The van der Waals surface area contributed by atoms with E-state index in [-0.39, 0.29) is 0 Å². The van der Waals surface area contributed by atoms with Crippen LogP contribution in [0.4, 0.5) is 0 Å². The minimum atomic E-state index is 0.383. The number of morpholine rings is 1. The van der Waals surface area contributed by atoms with E-state index in [9.17, 15) is 0 Å². The summed E-state index contributed by atoms with van der Waals surface area (Å²) in [5.74, 6) is 0. The normalized spacial score (nSPS) is 30.4. The Morgan fingerprint density at radius 3 is 2.87 bits per heavy atom. The quantitative estimate of drug-likeness (QED) is 0.755. The monoisotopic (exact) mass is 214 g/mol. The largest absolute Gasteiger partial charge is 0.376 e. The molecule has 0 spiro atoms. The topological polar surface area (TPSA) is 38.5 Å². The zero-order valence-corrected chi connectivity index (χ0v) is 10.4. The summed E-state index contributed by atoms with van der Waals surface area (Å²) in [5.41, 5.74) is 5.56. The lowest BCUT2D eigenvalue weighted by molar-refractivity contribution is -0.0709. The van der Waals surface area contributed by atoms with Crippen LogP contribution in [-0.2, 0) is 4.74 Å². The molecule has 15 heavy (non-hydrogen) atoms. The van der Waals surface area contributed by atoms with Crippen LogP contribution < -0.4 is 5.73 Å². The van der Waals surface area contributed by atoms with Crippen molar-refractivity contribution in [1.82, 2.24) is 4.90 Å². The van der Waals surface area contributed by atoms with Crippen molar-refractivity contribution in [3.63, 3.8) is 0 Å². The molecule has 0 radical (unpaired) electrons. The van der Waals surface area contributed by atoms with Gasteiger partial charge in [-0.2, -0.15) is 0 Å². The fourth-order valence-corrected chi connectivity index (χ4v) is 2.34. The van der Waals surface area contributed by atoms with Crippen molar-refractivity contribution in [2.45, 2.75) is 58.2 Å². The SMILES string of the molecule is CCC1COC(C)CN1C(C)CCCN. The van der Waals surface area contributed by atoms with Crippen LogP contribution >= 0.6 is 0 Å². The van der Waals surface area contributed by atoms with E-state index in [1.165, 1.54) is 12.8 Å². The number of hydrogen-bond acceptors (Lipinski definition) is 3. The second kappa shape index (κ2) is 6.46. The number of rotatable bonds is 5. The average Bonchev–Trinajstić information content (AvgIpc) is 2.25. The van der Waals surface area contributed by atoms with Gasteiger partial charge in [-0.1, -0.05) is 6.92 Å². The standard InChI is InChI=1S/C12H26N2O/c1-4-12-9-15-11(3)8-14(12)10(2)6-5-7-13/h10-12H,4-9,13H2,1-3H3. The summed E-state index contributed by atoms with van der Waals surface area (Å²) in [6.07, 6.45) is 3.90. The summed E-state index contributed by atoms with van der Waals surface area (Å²) in [7, 11) is 0. The van der Waals surface area contributed by atoms with Crippen molar-refractivity contribution in [3.8, 4) is 0 Å². The average molecular weight is 214 g/mol. The highest BCUT2D eigenvalue weighted by molar-refractivity contribution is 4.81. The van der Waals surface area contributed by atoms with Gasteiger partial charge in [0.25, 0.3) is 0 Å². The predicted molar refractivity (Wildman–Crippen MR) is 63.9 cm³/mol. The molecule has 0 aromatic carbocycles. The molecular formula is C12H26N2O. The minimum Gasteiger partial charge on any atom is -0.376 e. The molecule has 0 saturated carbocycles. The van der Waals surface area contributed by atoms with E-state index < -0.39 is 0 Å². The molecule has 90 valence electrons. The van der Waals surface area contributed by atoms with Gasteiger partial charge in [0.2, 0.25) is 0 Å². The molecule has 1 aliphatic heterocycles. The van der Waals surface area contributed by atoms with Gasteiger partial charge in [-0.3, -0.25) is 4.90 Å². The highest BCUT2D eigenvalue weighted by atomic mass is 16.5. The molecule has 1 aliphatic rings. The molecule has 3 atom stereocenters. The van der Waals surface area contributed by atoms with Crippen LogP contribution in [0.3, 0.4) is 0 Å². The Kier molecular flexibility index (Phi) is 5.58. The van der Waals surface area contributed by atoms with E-state index in [4.69, 9.17) is 10.5 Å². The van der Waals surface area contributed by atoms with Crippen molar-refractivity contribution < 1.29 is 4.74 Å². The van der Waals surface area contributed by atoms with Gasteiger partial charge in [0, 0.05) is 18.6 Å². The third-order valence-corrected chi connectivity index (χ3v) is 3.37. The van der Waals surface area contributed by atoms with Crippen LogP contribution in [0, 0.1) is 0 Å². The highest BCUT2D eigenvalue weighted by Gasteiger charge is 2.28. The lowest BCUT2D eigenvalue weighted by Gasteiger charge is -2.42. The van der Waals surface area contributed by atoms with Crippen molar-refractivity contribution in [3.05, 3.63) is 0 Å². The van der Waals surface area contributed by atoms with E-state index in [1.54, 1.807) is 0 Å². The van der Waals surface area contributed by atoms with E-state index in [0.717, 1.165) is 26.1 Å². The summed E-state index contributed by atoms with van der Waals surface area (Å²) in [6.45, 7) is 9.49. The van der Waals surface area contributed by atoms with E-state index in [0.29, 0.717) is 18.2 Å². The van der Waals surface area contributed by atoms with Crippen LogP contribution in [0.25, 0.3) is 0 Å². The van der Waals surface area contributed by atoms with Crippen molar-refractivity contribution >= 4 is 0 Å². The Morgan fingerprint density at radius 1 is 1.53 bits per heavy atom. The number of nitrogens with zero attached hydrogens (tertiary/aromatic N) is 1. The number of nitrogens with two attached hydrogens (primary N) is 1. The minimum absolute atomic E-state index is 0.383. The van der Waals surface area contributed by atoms with Gasteiger partial charge in [-0.05, 0) is 39.7 Å². The summed E-state index contributed by atoms with van der Waals surface area (Å²) >= 11 is 0. The zero-order valence-electron chi connectivity index (χ0n) is 10.4. The summed E-state index contributed by atoms with van der Waals surface area (Å²) < 4.78 is 5.70. The Hall–Kier alpha value is -0.120. The molecule has 3 heteroatoms.